The molecule has 1 aromatic rings. The zero-order chi connectivity index (χ0) is 24.1. The van der Waals surface area contributed by atoms with Crippen LogP contribution in [0.3, 0.4) is 0 Å². The molecule has 0 amide bonds. The molecule has 0 aliphatic heterocycles. The summed E-state index contributed by atoms with van der Waals surface area (Å²) in [5.41, 5.74) is 3.59. The summed E-state index contributed by atoms with van der Waals surface area (Å²) in [5.74, 6) is -1.87. The van der Waals surface area contributed by atoms with Crippen molar-refractivity contribution in [2.75, 3.05) is 14.1 Å². The lowest BCUT2D eigenvalue weighted by molar-refractivity contribution is 0.395. The van der Waals surface area contributed by atoms with Crippen LogP contribution in [0.15, 0.2) is 12.1 Å². The fourth-order valence-corrected chi connectivity index (χ4v) is 0.972. The SMILES string of the molecule is [2H]C([2H])([2H])Oc1cc(C([2H])([2H])C([2H])(N)C([2H])([2H])[2H])c(OC([2H])([2H])[2H])cc1C([2H])([2H])[2H]. The summed E-state index contributed by atoms with van der Waals surface area (Å²) < 4.78 is 121. The highest BCUT2D eigenvalue weighted by atomic mass is 16.5. The van der Waals surface area contributed by atoms with E-state index < -0.39 is 62.8 Å². The van der Waals surface area contributed by atoms with Crippen LogP contribution in [0.5, 0.6) is 11.5 Å². The van der Waals surface area contributed by atoms with Crippen LogP contribution in [0.1, 0.15) is 38.5 Å². The number of benzene rings is 1. The maximum atomic E-state index is 8.12. The third-order valence-corrected chi connectivity index (χ3v) is 1.57. The molecular weight excluding hydrogens is 190 g/mol. The van der Waals surface area contributed by atoms with Gasteiger partial charge in [-0.1, -0.05) is 0 Å². The zero-order valence-electron chi connectivity index (χ0n) is 22.5. The highest BCUT2D eigenvalue weighted by Crippen LogP contribution is 2.28. The van der Waals surface area contributed by atoms with Gasteiger partial charge in [0, 0.05) is 18.4 Å². The predicted octanol–water partition coefficient (Wildman–Crippen LogP) is 1.90. The molecule has 0 saturated carbocycles. The van der Waals surface area contributed by atoms with Crippen LogP contribution < -0.4 is 15.2 Å². The van der Waals surface area contributed by atoms with Crippen LogP contribution in [0, 0.1) is 6.85 Å². The van der Waals surface area contributed by atoms with Crippen LogP contribution in [-0.2, 0) is 6.37 Å². The first-order valence-corrected chi connectivity index (χ1v) is 3.76. The minimum absolute atomic E-state index is 0.469. The van der Waals surface area contributed by atoms with Gasteiger partial charge in [-0.3, -0.25) is 0 Å². The first-order chi connectivity index (χ1) is 12.9. The van der Waals surface area contributed by atoms with Gasteiger partial charge in [0.05, 0.1) is 22.3 Å². The topological polar surface area (TPSA) is 44.5 Å². The van der Waals surface area contributed by atoms with Crippen molar-refractivity contribution in [3.63, 3.8) is 0 Å². The molecule has 3 nitrogen and oxygen atoms in total. The number of ether oxygens (including phenoxy) is 2. The Labute approximate surface area is 112 Å². The fourth-order valence-electron chi connectivity index (χ4n) is 0.972. The molecule has 1 atom stereocenters. The fraction of sp³-hybridized carbons (Fsp3) is 0.500. The number of nitrogens with two attached hydrogens (primary N) is 1. The Balaban J connectivity index is 3.97. The molecule has 0 aromatic heterocycles. The number of hydrogen-bond donors (Lipinski definition) is 1. The third kappa shape index (κ3) is 2.86. The summed E-state index contributed by atoms with van der Waals surface area (Å²) in [7, 11) is -6.43. The Morgan fingerprint density at radius 1 is 1.47 bits per heavy atom. The summed E-state index contributed by atoms with van der Waals surface area (Å²) in [6.07, 6.45) is -3.38. The van der Waals surface area contributed by atoms with Gasteiger partial charge in [0.25, 0.3) is 0 Å². The largest absolute Gasteiger partial charge is 0.496 e. The van der Waals surface area contributed by atoms with E-state index in [1.54, 1.807) is 0 Å². The van der Waals surface area contributed by atoms with E-state index in [1.165, 1.54) is 0 Å². The van der Waals surface area contributed by atoms with E-state index in [4.69, 9.17) is 26.3 Å². The summed E-state index contributed by atoms with van der Waals surface area (Å²) >= 11 is 0. The summed E-state index contributed by atoms with van der Waals surface area (Å²) in [5, 5.41) is 0. The highest BCUT2D eigenvalue weighted by Gasteiger charge is 2.09. The molecule has 2 N–H and O–H groups in total. The Bertz CT molecular complexity index is 772. The monoisotopic (exact) mass is 224 g/mol. The second-order valence-electron chi connectivity index (χ2n) is 2.59. The van der Waals surface area contributed by atoms with Gasteiger partial charge < -0.3 is 15.2 Å². The maximum Gasteiger partial charge on any atom is 0.122 e. The lowest BCUT2D eigenvalue weighted by Gasteiger charge is -2.14. The van der Waals surface area contributed by atoms with Gasteiger partial charge in [-0.2, -0.15) is 0 Å². The van der Waals surface area contributed by atoms with Gasteiger partial charge in [0.15, 0.2) is 0 Å². The molecule has 0 radical (unpaired) electrons. The maximum absolute atomic E-state index is 8.12. The first-order valence-electron chi connectivity index (χ1n) is 11.3. The molecule has 0 bridgehead atoms. The van der Waals surface area contributed by atoms with Crippen molar-refractivity contribution in [2.24, 2.45) is 5.73 Å². The standard InChI is InChI=1S/C12H19NO2/c1-8-5-12(15-4)10(6-9(2)13)7-11(8)14-3/h5,7,9H,6,13H2,1-4H3/i1D3,2D3,3D3,4D3,6D2,9D. The molecular formula is C12H19NO2. The molecule has 0 fully saturated rings. The number of rotatable bonds is 4. The number of hydrogen-bond acceptors (Lipinski definition) is 3. The first kappa shape index (κ1) is 2.72. The quantitative estimate of drug-likeness (QED) is 0.849. The minimum atomic E-state index is -3.43. The molecule has 3 heteroatoms. The van der Waals surface area contributed by atoms with Crippen LogP contribution in [0.2, 0.25) is 0 Å². The van der Waals surface area contributed by atoms with E-state index in [0.717, 1.165) is 0 Å². The van der Waals surface area contributed by atoms with E-state index in [0.29, 0.717) is 12.1 Å². The molecule has 0 spiro atoms. The van der Waals surface area contributed by atoms with Crippen molar-refractivity contribution >= 4 is 0 Å². The van der Waals surface area contributed by atoms with E-state index in [1.807, 2.05) is 0 Å². The Kier molecular flexibility index (Phi) is 0.911. The predicted molar refractivity (Wildman–Crippen MR) is 61.6 cm³/mol. The number of methoxy groups -OCH3 is 2. The molecule has 1 aromatic carbocycles. The van der Waals surface area contributed by atoms with Crippen LogP contribution in [0.4, 0.5) is 0 Å². The second-order valence-corrected chi connectivity index (χ2v) is 2.59. The van der Waals surface area contributed by atoms with Crippen LogP contribution in [0.25, 0.3) is 0 Å². The molecule has 0 aliphatic rings. The van der Waals surface area contributed by atoms with Gasteiger partial charge in [-0.25, -0.2) is 0 Å². The molecule has 0 saturated heterocycles. The Morgan fingerprint density at radius 2 is 2.27 bits per heavy atom. The minimum Gasteiger partial charge on any atom is -0.496 e. The Hall–Kier alpha value is -1.22. The van der Waals surface area contributed by atoms with E-state index >= 15 is 0 Å². The molecule has 0 aliphatic carbocycles. The van der Waals surface area contributed by atoms with Crippen molar-refractivity contribution in [1.29, 1.82) is 0 Å². The van der Waals surface area contributed by atoms with Gasteiger partial charge in [0.2, 0.25) is 0 Å². The van der Waals surface area contributed by atoms with Crippen LogP contribution >= 0.6 is 0 Å². The van der Waals surface area contributed by atoms with Crippen molar-refractivity contribution < 1.29 is 30.0 Å². The average molecular weight is 224 g/mol. The van der Waals surface area contributed by atoms with Gasteiger partial charge in [-0.05, 0) is 43.3 Å². The molecule has 1 rings (SSSR count). The molecule has 84 valence electrons. The Morgan fingerprint density at radius 3 is 2.93 bits per heavy atom. The number of aryl methyl sites for hydroxylation is 1. The van der Waals surface area contributed by atoms with Crippen molar-refractivity contribution in [2.45, 2.75) is 26.1 Å². The molecule has 15 heavy (non-hydrogen) atoms. The van der Waals surface area contributed by atoms with Crippen molar-refractivity contribution in [1.82, 2.24) is 0 Å². The van der Waals surface area contributed by atoms with Crippen molar-refractivity contribution in [3.05, 3.63) is 23.3 Å². The summed E-state index contributed by atoms with van der Waals surface area (Å²) in [4.78, 5) is 0. The summed E-state index contributed by atoms with van der Waals surface area (Å²) in [6, 6.07) is -2.40. The van der Waals surface area contributed by atoms with Gasteiger partial charge >= 0.3 is 0 Å². The van der Waals surface area contributed by atoms with E-state index in [9.17, 15) is 0 Å². The lowest BCUT2D eigenvalue weighted by Crippen LogP contribution is -2.18. The lowest BCUT2D eigenvalue weighted by atomic mass is 10.0. The van der Waals surface area contributed by atoms with Gasteiger partial charge in [-0.15, -0.1) is 0 Å². The average Bonchev–Trinajstić information content (AvgIpc) is 2.42. The second kappa shape index (κ2) is 5.03. The highest BCUT2D eigenvalue weighted by molar-refractivity contribution is 5.46. The summed E-state index contributed by atoms with van der Waals surface area (Å²) in [6.45, 7) is -6.48. The molecule has 0 heterocycles. The van der Waals surface area contributed by atoms with E-state index in [-0.39, 0.29) is 0 Å². The van der Waals surface area contributed by atoms with Crippen LogP contribution in [-0.4, -0.2) is 20.1 Å². The third-order valence-electron chi connectivity index (χ3n) is 1.57. The van der Waals surface area contributed by atoms with Crippen molar-refractivity contribution in [3.8, 4) is 11.5 Å². The smallest absolute Gasteiger partial charge is 0.122 e. The zero-order valence-corrected chi connectivity index (χ0v) is 7.55. The molecule has 1 unspecified atom stereocenters. The normalized spacial score (nSPS) is 33.5. The van der Waals surface area contributed by atoms with E-state index in [2.05, 4.69) is 9.47 Å². The van der Waals surface area contributed by atoms with Gasteiger partial charge in [0.1, 0.15) is 11.5 Å².